The zero-order valence-corrected chi connectivity index (χ0v) is 15.7. The highest BCUT2D eigenvalue weighted by molar-refractivity contribution is 9.10. The predicted octanol–water partition coefficient (Wildman–Crippen LogP) is 2.75. The topological polar surface area (TPSA) is 72.4 Å². The lowest BCUT2D eigenvalue weighted by atomic mass is 10.1. The summed E-state index contributed by atoms with van der Waals surface area (Å²) in [6.07, 6.45) is 4.25. The monoisotopic (exact) mass is 429 g/mol. The molecule has 1 unspecified atom stereocenters. The minimum absolute atomic E-state index is 0.220. The molecule has 1 saturated heterocycles. The summed E-state index contributed by atoms with van der Waals surface area (Å²) in [7, 11) is -3.55. The van der Waals surface area contributed by atoms with E-state index < -0.39 is 15.8 Å². The molecule has 0 radical (unpaired) electrons. The summed E-state index contributed by atoms with van der Waals surface area (Å²) in [6.45, 7) is 0.662. The van der Waals surface area contributed by atoms with E-state index in [4.69, 9.17) is 4.74 Å². The minimum atomic E-state index is -3.55. The number of sulfonamides is 1. The SMILES string of the molecule is O=S(=O)(Cc1cccc(F)c1)N1CCCC(Oc2ncc(Br)cn2)C1. The lowest BCUT2D eigenvalue weighted by molar-refractivity contribution is 0.119. The average Bonchev–Trinajstić information content (AvgIpc) is 2.57. The normalized spacial score (nSPS) is 18.9. The van der Waals surface area contributed by atoms with Gasteiger partial charge in [0.1, 0.15) is 11.9 Å². The summed E-state index contributed by atoms with van der Waals surface area (Å²) < 4.78 is 46.3. The summed E-state index contributed by atoms with van der Waals surface area (Å²) >= 11 is 3.25. The van der Waals surface area contributed by atoms with Crippen LogP contribution in [0.5, 0.6) is 6.01 Å². The molecule has 6 nitrogen and oxygen atoms in total. The van der Waals surface area contributed by atoms with Crippen molar-refractivity contribution in [3.63, 3.8) is 0 Å². The average molecular weight is 430 g/mol. The van der Waals surface area contributed by atoms with Crippen LogP contribution in [0.3, 0.4) is 0 Å². The summed E-state index contributed by atoms with van der Waals surface area (Å²) in [5.41, 5.74) is 0.430. The fourth-order valence-corrected chi connectivity index (χ4v) is 4.48. The third kappa shape index (κ3) is 4.96. The zero-order chi connectivity index (χ0) is 17.9. The van der Waals surface area contributed by atoms with Crippen LogP contribution in [0, 0.1) is 5.82 Å². The van der Waals surface area contributed by atoms with Crippen LogP contribution in [0.1, 0.15) is 18.4 Å². The second-order valence-electron chi connectivity index (χ2n) is 5.81. The van der Waals surface area contributed by atoms with Gasteiger partial charge in [-0.2, -0.15) is 4.31 Å². The Morgan fingerprint density at radius 1 is 1.32 bits per heavy atom. The molecule has 0 amide bonds. The Morgan fingerprint density at radius 3 is 2.80 bits per heavy atom. The van der Waals surface area contributed by atoms with Crippen molar-refractivity contribution in [1.29, 1.82) is 0 Å². The maximum absolute atomic E-state index is 13.3. The Bertz CT molecular complexity index is 833. The molecule has 1 aromatic heterocycles. The molecule has 2 heterocycles. The van der Waals surface area contributed by atoms with E-state index in [0.717, 1.165) is 10.9 Å². The maximum Gasteiger partial charge on any atom is 0.316 e. The van der Waals surface area contributed by atoms with Crippen molar-refractivity contribution >= 4 is 26.0 Å². The summed E-state index contributed by atoms with van der Waals surface area (Å²) in [5, 5.41) is 0. The van der Waals surface area contributed by atoms with Gasteiger partial charge in [-0.25, -0.2) is 22.8 Å². The third-order valence-electron chi connectivity index (χ3n) is 3.84. The van der Waals surface area contributed by atoms with E-state index in [1.54, 1.807) is 18.5 Å². The van der Waals surface area contributed by atoms with E-state index >= 15 is 0 Å². The molecular weight excluding hydrogens is 413 g/mol. The van der Waals surface area contributed by atoms with Crippen molar-refractivity contribution in [2.24, 2.45) is 0 Å². The molecule has 0 aliphatic carbocycles. The first kappa shape index (κ1) is 18.2. The van der Waals surface area contributed by atoms with Gasteiger partial charge in [0.25, 0.3) is 0 Å². The number of aromatic nitrogens is 2. The number of halogens is 2. The van der Waals surface area contributed by atoms with E-state index in [1.807, 2.05) is 0 Å². The molecule has 0 saturated carbocycles. The van der Waals surface area contributed by atoms with Gasteiger partial charge in [0.2, 0.25) is 10.0 Å². The van der Waals surface area contributed by atoms with Crippen LogP contribution in [0.15, 0.2) is 41.1 Å². The van der Waals surface area contributed by atoms with Crippen LogP contribution in [-0.4, -0.2) is 41.9 Å². The van der Waals surface area contributed by atoms with Gasteiger partial charge in [0.15, 0.2) is 0 Å². The van der Waals surface area contributed by atoms with Crippen LogP contribution in [0.2, 0.25) is 0 Å². The molecule has 3 rings (SSSR count). The second-order valence-corrected chi connectivity index (χ2v) is 8.69. The van der Waals surface area contributed by atoms with E-state index in [9.17, 15) is 12.8 Å². The van der Waals surface area contributed by atoms with Crippen molar-refractivity contribution < 1.29 is 17.5 Å². The number of rotatable bonds is 5. The summed E-state index contributed by atoms with van der Waals surface area (Å²) in [4.78, 5) is 8.09. The Labute approximate surface area is 154 Å². The van der Waals surface area contributed by atoms with Crippen molar-refractivity contribution in [2.45, 2.75) is 24.7 Å². The molecule has 1 fully saturated rings. The first-order valence-corrected chi connectivity index (χ1v) is 10.2. The molecule has 134 valence electrons. The molecule has 9 heteroatoms. The standard InChI is InChI=1S/C16H17BrFN3O3S/c17-13-8-19-16(20-9-13)24-15-5-2-6-21(10-15)25(22,23)11-12-3-1-4-14(18)7-12/h1,3-4,7-9,15H,2,5-6,10-11H2. The fraction of sp³-hybridized carbons (Fsp3) is 0.375. The van der Waals surface area contributed by atoms with Gasteiger partial charge in [-0.05, 0) is 46.5 Å². The Morgan fingerprint density at radius 2 is 2.08 bits per heavy atom. The molecule has 0 N–H and O–H groups in total. The van der Waals surface area contributed by atoms with Crippen LogP contribution >= 0.6 is 15.9 Å². The van der Waals surface area contributed by atoms with Crippen LogP contribution in [-0.2, 0) is 15.8 Å². The minimum Gasteiger partial charge on any atom is -0.459 e. The second kappa shape index (κ2) is 7.76. The fourth-order valence-electron chi connectivity index (χ4n) is 2.69. The molecular formula is C16H17BrFN3O3S. The van der Waals surface area contributed by atoms with Gasteiger partial charge in [0, 0.05) is 18.9 Å². The molecule has 25 heavy (non-hydrogen) atoms. The van der Waals surface area contributed by atoms with E-state index in [2.05, 4.69) is 25.9 Å². The van der Waals surface area contributed by atoms with Gasteiger partial charge >= 0.3 is 6.01 Å². The van der Waals surface area contributed by atoms with Gasteiger partial charge in [-0.1, -0.05) is 12.1 Å². The first-order chi connectivity index (χ1) is 11.9. The lowest BCUT2D eigenvalue weighted by Gasteiger charge is -2.31. The van der Waals surface area contributed by atoms with Crippen molar-refractivity contribution in [2.75, 3.05) is 13.1 Å². The van der Waals surface area contributed by atoms with Gasteiger partial charge in [0.05, 0.1) is 16.8 Å². The van der Waals surface area contributed by atoms with E-state index in [-0.39, 0.29) is 24.4 Å². The predicted molar refractivity (Wildman–Crippen MR) is 94.0 cm³/mol. The number of nitrogens with zero attached hydrogens (tertiary/aromatic N) is 3. The van der Waals surface area contributed by atoms with Crippen LogP contribution < -0.4 is 4.74 Å². The van der Waals surface area contributed by atoms with E-state index in [1.165, 1.54) is 22.5 Å². The maximum atomic E-state index is 13.3. The largest absolute Gasteiger partial charge is 0.459 e. The number of benzene rings is 1. The molecule has 1 aliphatic rings. The summed E-state index contributed by atoms with van der Waals surface area (Å²) in [6, 6.07) is 5.86. The van der Waals surface area contributed by atoms with E-state index in [0.29, 0.717) is 18.5 Å². The van der Waals surface area contributed by atoms with Gasteiger partial charge < -0.3 is 4.74 Å². The number of piperidine rings is 1. The Hall–Kier alpha value is -1.58. The highest BCUT2D eigenvalue weighted by Gasteiger charge is 2.30. The molecule has 2 aromatic rings. The quantitative estimate of drug-likeness (QED) is 0.730. The lowest BCUT2D eigenvalue weighted by Crippen LogP contribution is -2.44. The van der Waals surface area contributed by atoms with Crippen LogP contribution in [0.4, 0.5) is 4.39 Å². The number of hydrogen-bond acceptors (Lipinski definition) is 5. The van der Waals surface area contributed by atoms with Crippen molar-refractivity contribution in [1.82, 2.24) is 14.3 Å². The highest BCUT2D eigenvalue weighted by Crippen LogP contribution is 2.21. The first-order valence-electron chi connectivity index (χ1n) is 7.79. The zero-order valence-electron chi connectivity index (χ0n) is 13.3. The van der Waals surface area contributed by atoms with Gasteiger partial charge in [-0.3, -0.25) is 0 Å². The molecule has 1 aromatic carbocycles. The smallest absolute Gasteiger partial charge is 0.316 e. The third-order valence-corrected chi connectivity index (χ3v) is 6.07. The van der Waals surface area contributed by atoms with Crippen molar-refractivity contribution in [3.8, 4) is 6.01 Å². The highest BCUT2D eigenvalue weighted by atomic mass is 79.9. The Balaban J connectivity index is 1.66. The Kier molecular flexibility index (Phi) is 5.65. The summed E-state index contributed by atoms with van der Waals surface area (Å²) in [5.74, 6) is -0.674. The number of hydrogen-bond donors (Lipinski definition) is 0. The number of ether oxygens (including phenoxy) is 1. The van der Waals surface area contributed by atoms with Gasteiger partial charge in [-0.15, -0.1) is 0 Å². The van der Waals surface area contributed by atoms with Crippen molar-refractivity contribution in [3.05, 3.63) is 52.5 Å². The van der Waals surface area contributed by atoms with Crippen LogP contribution in [0.25, 0.3) is 0 Å². The molecule has 1 atom stereocenters. The molecule has 0 spiro atoms. The molecule has 0 bridgehead atoms. The molecule has 1 aliphatic heterocycles.